The van der Waals surface area contributed by atoms with Crippen LogP contribution in [0.2, 0.25) is 0 Å². The molecule has 0 amide bonds. The number of rotatable bonds is 8. The van der Waals surface area contributed by atoms with Gasteiger partial charge in [0.15, 0.2) is 11.5 Å². The number of benzene rings is 2. The second-order valence-electron chi connectivity index (χ2n) is 5.90. The molecule has 0 N–H and O–H groups in total. The van der Waals surface area contributed by atoms with Crippen molar-refractivity contribution >= 4 is 23.4 Å². The molecule has 3 aromatic rings. The quantitative estimate of drug-likeness (QED) is 0.399. The van der Waals surface area contributed by atoms with Gasteiger partial charge in [-0.15, -0.1) is 11.3 Å². The Balaban J connectivity index is 1.60. The number of methoxy groups -OCH3 is 3. The maximum Gasteiger partial charge on any atom is 0.331 e. The van der Waals surface area contributed by atoms with Crippen molar-refractivity contribution < 1.29 is 23.7 Å². The molecule has 0 bridgehead atoms. The first-order valence-electron chi connectivity index (χ1n) is 8.79. The molecule has 7 heteroatoms. The minimum absolute atomic E-state index is 0.0980. The first kappa shape index (κ1) is 20.4. The molecule has 3 rings (SSSR count). The first-order chi connectivity index (χ1) is 14.1. The average molecular weight is 411 g/mol. The zero-order valence-corrected chi connectivity index (χ0v) is 17.2. The van der Waals surface area contributed by atoms with Crippen LogP contribution in [0.3, 0.4) is 0 Å². The standard InChI is InChI=1S/C22H21NO5S/c1-25-18-7-5-4-6-17(18)22-23-16(14-29-22)13-28-21(24)11-9-15-8-10-19(26-2)20(12-15)27-3/h4-12,14H,13H2,1-3H3/b11-9+. The molecule has 0 radical (unpaired) electrons. The van der Waals surface area contributed by atoms with Gasteiger partial charge in [0.05, 0.1) is 32.6 Å². The Morgan fingerprint density at radius 3 is 2.52 bits per heavy atom. The second-order valence-corrected chi connectivity index (χ2v) is 6.76. The highest BCUT2D eigenvalue weighted by Crippen LogP contribution is 2.32. The molecule has 0 aliphatic heterocycles. The van der Waals surface area contributed by atoms with Gasteiger partial charge in [0.2, 0.25) is 0 Å². The van der Waals surface area contributed by atoms with Gasteiger partial charge in [0, 0.05) is 11.5 Å². The Hall–Kier alpha value is -3.32. The number of hydrogen-bond donors (Lipinski definition) is 0. The van der Waals surface area contributed by atoms with Crippen molar-refractivity contribution in [2.45, 2.75) is 6.61 Å². The van der Waals surface area contributed by atoms with Crippen molar-refractivity contribution in [1.82, 2.24) is 4.98 Å². The molecule has 0 aliphatic rings. The van der Waals surface area contributed by atoms with E-state index < -0.39 is 5.97 Å². The van der Waals surface area contributed by atoms with Crippen LogP contribution in [-0.4, -0.2) is 32.3 Å². The lowest BCUT2D eigenvalue weighted by Crippen LogP contribution is -2.01. The van der Waals surface area contributed by atoms with Crippen molar-refractivity contribution in [1.29, 1.82) is 0 Å². The molecule has 2 aromatic carbocycles. The third-order valence-corrected chi connectivity index (χ3v) is 5.00. The van der Waals surface area contributed by atoms with Crippen LogP contribution in [0.4, 0.5) is 0 Å². The van der Waals surface area contributed by atoms with Crippen LogP contribution in [0.5, 0.6) is 17.2 Å². The molecule has 1 heterocycles. The molecule has 0 aliphatic carbocycles. The van der Waals surface area contributed by atoms with Crippen LogP contribution in [0.1, 0.15) is 11.3 Å². The SMILES string of the molecule is COc1ccc(/C=C/C(=O)OCc2csc(-c3ccccc3OC)n2)cc1OC. The molecule has 0 atom stereocenters. The highest BCUT2D eigenvalue weighted by atomic mass is 32.1. The normalized spacial score (nSPS) is 10.7. The molecular weight excluding hydrogens is 390 g/mol. The fourth-order valence-electron chi connectivity index (χ4n) is 2.63. The zero-order chi connectivity index (χ0) is 20.6. The Bertz CT molecular complexity index is 1010. The van der Waals surface area contributed by atoms with E-state index in [9.17, 15) is 4.79 Å². The highest BCUT2D eigenvalue weighted by molar-refractivity contribution is 7.13. The summed E-state index contributed by atoms with van der Waals surface area (Å²) in [7, 11) is 4.76. The minimum atomic E-state index is -0.452. The summed E-state index contributed by atoms with van der Waals surface area (Å²) in [4.78, 5) is 16.6. The topological polar surface area (TPSA) is 66.9 Å². The summed E-state index contributed by atoms with van der Waals surface area (Å²) in [5.41, 5.74) is 2.39. The number of ether oxygens (including phenoxy) is 4. The van der Waals surface area contributed by atoms with Crippen LogP contribution >= 0.6 is 11.3 Å². The van der Waals surface area contributed by atoms with Gasteiger partial charge >= 0.3 is 5.97 Å². The van der Waals surface area contributed by atoms with E-state index in [1.54, 1.807) is 39.5 Å². The Morgan fingerprint density at radius 2 is 1.76 bits per heavy atom. The van der Waals surface area contributed by atoms with Crippen molar-refractivity contribution in [3.63, 3.8) is 0 Å². The first-order valence-corrected chi connectivity index (χ1v) is 9.67. The highest BCUT2D eigenvalue weighted by Gasteiger charge is 2.10. The summed E-state index contributed by atoms with van der Waals surface area (Å²) in [5.74, 6) is 1.52. The fraction of sp³-hybridized carbons (Fsp3) is 0.182. The van der Waals surface area contributed by atoms with E-state index in [1.165, 1.54) is 17.4 Å². The number of para-hydroxylation sites is 1. The van der Waals surface area contributed by atoms with Gasteiger partial charge in [-0.3, -0.25) is 0 Å². The molecular formula is C22H21NO5S. The number of thiazole rings is 1. The van der Waals surface area contributed by atoms with Gasteiger partial charge in [-0.1, -0.05) is 18.2 Å². The van der Waals surface area contributed by atoms with Gasteiger partial charge in [0.1, 0.15) is 17.4 Å². The van der Waals surface area contributed by atoms with Crippen LogP contribution < -0.4 is 14.2 Å². The Kier molecular flexibility index (Phi) is 6.86. The van der Waals surface area contributed by atoms with Crippen molar-refractivity contribution in [2.75, 3.05) is 21.3 Å². The lowest BCUT2D eigenvalue weighted by atomic mass is 10.2. The molecule has 1 aromatic heterocycles. The van der Waals surface area contributed by atoms with Crippen molar-refractivity contribution in [3.8, 4) is 27.8 Å². The van der Waals surface area contributed by atoms with E-state index in [0.29, 0.717) is 17.2 Å². The van der Waals surface area contributed by atoms with Gasteiger partial charge in [-0.2, -0.15) is 0 Å². The maximum atomic E-state index is 12.0. The van der Waals surface area contributed by atoms with E-state index in [2.05, 4.69) is 4.98 Å². The number of nitrogens with zero attached hydrogens (tertiary/aromatic N) is 1. The number of aromatic nitrogens is 1. The summed E-state index contributed by atoms with van der Waals surface area (Å²) in [5, 5.41) is 2.68. The van der Waals surface area contributed by atoms with Crippen molar-refractivity contribution in [3.05, 3.63) is 65.2 Å². The number of carbonyl (C=O) groups excluding carboxylic acids is 1. The van der Waals surface area contributed by atoms with Gasteiger partial charge in [-0.25, -0.2) is 9.78 Å². The second kappa shape index (κ2) is 9.75. The smallest absolute Gasteiger partial charge is 0.331 e. The summed E-state index contributed by atoms with van der Waals surface area (Å²) in [6, 6.07) is 13.0. The lowest BCUT2D eigenvalue weighted by Gasteiger charge is -2.07. The van der Waals surface area contributed by atoms with Crippen LogP contribution in [-0.2, 0) is 16.1 Å². The van der Waals surface area contributed by atoms with E-state index in [4.69, 9.17) is 18.9 Å². The molecule has 0 fully saturated rings. The summed E-state index contributed by atoms with van der Waals surface area (Å²) in [6.45, 7) is 0.0980. The maximum absolute atomic E-state index is 12.0. The molecule has 150 valence electrons. The summed E-state index contributed by atoms with van der Waals surface area (Å²) in [6.07, 6.45) is 3.03. The molecule has 0 saturated heterocycles. The number of esters is 1. The lowest BCUT2D eigenvalue weighted by molar-refractivity contribution is -0.139. The van der Waals surface area contributed by atoms with E-state index >= 15 is 0 Å². The summed E-state index contributed by atoms with van der Waals surface area (Å²) < 4.78 is 21.1. The van der Waals surface area contributed by atoms with Gasteiger partial charge in [0.25, 0.3) is 0 Å². The molecule has 0 saturated carbocycles. The third-order valence-electron chi connectivity index (χ3n) is 4.07. The van der Waals surface area contributed by atoms with Crippen molar-refractivity contribution in [2.24, 2.45) is 0 Å². The van der Waals surface area contributed by atoms with Crippen LogP contribution in [0.25, 0.3) is 16.6 Å². The molecule has 0 spiro atoms. The van der Waals surface area contributed by atoms with E-state index in [1.807, 2.05) is 35.7 Å². The third kappa shape index (κ3) is 5.14. The Morgan fingerprint density at radius 1 is 1.00 bits per heavy atom. The van der Waals surface area contributed by atoms with E-state index in [-0.39, 0.29) is 6.61 Å². The number of carbonyl (C=O) groups is 1. The number of hydrogen-bond acceptors (Lipinski definition) is 7. The minimum Gasteiger partial charge on any atom is -0.496 e. The van der Waals surface area contributed by atoms with E-state index in [0.717, 1.165) is 21.9 Å². The van der Waals surface area contributed by atoms with Crippen LogP contribution in [0.15, 0.2) is 53.9 Å². The average Bonchev–Trinajstić information content (AvgIpc) is 3.24. The predicted octanol–water partition coefficient (Wildman–Crippen LogP) is 4.59. The van der Waals surface area contributed by atoms with Gasteiger partial charge in [-0.05, 0) is 35.9 Å². The van der Waals surface area contributed by atoms with Gasteiger partial charge < -0.3 is 18.9 Å². The molecule has 6 nitrogen and oxygen atoms in total. The molecule has 29 heavy (non-hydrogen) atoms. The zero-order valence-electron chi connectivity index (χ0n) is 16.4. The van der Waals surface area contributed by atoms with Crippen LogP contribution in [0, 0.1) is 0 Å². The Labute approximate surface area is 173 Å². The predicted molar refractivity (Wildman–Crippen MR) is 112 cm³/mol. The largest absolute Gasteiger partial charge is 0.496 e. The molecule has 0 unspecified atom stereocenters. The summed E-state index contributed by atoms with van der Waals surface area (Å²) >= 11 is 1.48. The monoisotopic (exact) mass is 411 g/mol. The fourth-order valence-corrected chi connectivity index (χ4v) is 3.47.